The van der Waals surface area contributed by atoms with Gasteiger partial charge >= 0.3 is 0 Å². The number of hydrazone groups is 1. The maximum Gasteiger partial charge on any atom is 0.244 e. The van der Waals surface area contributed by atoms with Crippen molar-refractivity contribution in [2.75, 3.05) is 6.26 Å². The first-order valence-electron chi connectivity index (χ1n) is 6.38. The molecule has 0 radical (unpaired) electrons. The molecular formula is C16H15BrN2OS. The molecule has 0 fully saturated rings. The second-order valence-electron chi connectivity index (χ2n) is 4.37. The maximum absolute atomic E-state index is 11.7. The van der Waals surface area contributed by atoms with E-state index in [-0.39, 0.29) is 5.91 Å². The first-order chi connectivity index (χ1) is 10.2. The summed E-state index contributed by atoms with van der Waals surface area (Å²) in [5.74, 6) is -0.130. The number of carbonyl (C=O) groups is 1. The lowest BCUT2D eigenvalue weighted by Crippen LogP contribution is -2.19. The van der Waals surface area contributed by atoms with Gasteiger partial charge < -0.3 is 0 Å². The zero-order valence-electron chi connectivity index (χ0n) is 11.5. The Balaban J connectivity index is 1.85. The molecule has 108 valence electrons. The van der Waals surface area contributed by atoms with Crippen LogP contribution in [-0.4, -0.2) is 18.4 Å². The van der Waals surface area contributed by atoms with Gasteiger partial charge in [0.1, 0.15) is 0 Å². The van der Waals surface area contributed by atoms with Crippen molar-refractivity contribution in [3.8, 4) is 0 Å². The highest BCUT2D eigenvalue weighted by atomic mass is 79.9. The van der Waals surface area contributed by atoms with Gasteiger partial charge in [-0.2, -0.15) is 5.10 Å². The number of rotatable bonds is 5. The number of thioether (sulfide) groups is 1. The number of nitrogens with zero attached hydrogens (tertiary/aromatic N) is 1. The topological polar surface area (TPSA) is 41.5 Å². The monoisotopic (exact) mass is 362 g/mol. The molecule has 0 heterocycles. The van der Waals surface area contributed by atoms with Gasteiger partial charge in [0.2, 0.25) is 5.91 Å². The molecule has 1 N–H and O–H groups in total. The highest BCUT2D eigenvalue weighted by Gasteiger charge is 2.01. The predicted molar refractivity (Wildman–Crippen MR) is 91.8 cm³/mol. The average molecular weight is 363 g/mol. The van der Waals surface area contributed by atoms with Gasteiger partial charge in [0.05, 0.1) is 12.6 Å². The van der Waals surface area contributed by atoms with Crippen LogP contribution >= 0.6 is 27.7 Å². The van der Waals surface area contributed by atoms with E-state index in [4.69, 9.17) is 0 Å². The fourth-order valence-corrected chi connectivity index (χ4v) is 2.37. The molecule has 0 aliphatic heterocycles. The number of hydrogen-bond acceptors (Lipinski definition) is 3. The number of halogens is 1. The Hall–Kier alpha value is -1.59. The summed E-state index contributed by atoms with van der Waals surface area (Å²) in [6, 6.07) is 15.6. The normalized spacial score (nSPS) is 10.8. The molecule has 0 bridgehead atoms. The Bertz CT molecular complexity index is 624. The molecule has 0 atom stereocenters. The molecule has 0 aromatic heterocycles. The first kappa shape index (κ1) is 15.8. The molecule has 2 rings (SSSR count). The zero-order chi connectivity index (χ0) is 15.1. The molecule has 0 unspecified atom stereocenters. The third-order valence-corrected chi connectivity index (χ3v) is 4.07. The van der Waals surface area contributed by atoms with E-state index in [2.05, 4.69) is 26.5 Å². The van der Waals surface area contributed by atoms with Crippen molar-refractivity contribution in [1.82, 2.24) is 5.43 Å². The first-order valence-corrected chi connectivity index (χ1v) is 8.39. The number of carbonyl (C=O) groups excluding carboxylic acids is 1. The van der Waals surface area contributed by atoms with E-state index in [0.29, 0.717) is 6.42 Å². The number of hydrogen-bond donors (Lipinski definition) is 1. The van der Waals surface area contributed by atoms with Crippen LogP contribution < -0.4 is 5.43 Å². The SMILES string of the molecule is CSc1ccc(/C=N/NC(=O)Cc2ccc(Br)cc2)cc1. The van der Waals surface area contributed by atoms with E-state index in [9.17, 15) is 4.79 Å². The van der Waals surface area contributed by atoms with E-state index < -0.39 is 0 Å². The lowest BCUT2D eigenvalue weighted by atomic mass is 10.1. The van der Waals surface area contributed by atoms with E-state index in [0.717, 1.165) is 15.6 Å². The van der Waals surface area contributed by atoms with E-state index >= 15 is 0 Å². The molecule has 5 heteroatoms. The van der Waals surface area contributed by atoms with Crippen molar-refractivity contribution < 1.29 is 4.79 Å². The Morgan fingerprint density at radius 3 is 2.48 bits per heavy atom. The second-order valence-corrected chi connectivity index (χ2v) is 6.16. The van der Waals surface area contributed by atoms with Gasteiger partial charge in [-0.1, -0.05) is 40.2 Å². The van der Waals surface area contributed by atoms with Crippen LogP contribution in [-0.2, 0) is 11.2 Å². The third-order valence-electron chi connectivity index (χ3n) is 2.80. The molecule has 0 aliphatic carbocycles. The lowest BCUT2D eigenvalue weighted by molar-refractivity contribution is -0.120. The van der Waals surface area contributed by atoms with Crippen LogP contribution in [0.25, 0.3) is 0 Å². The standard InChI is InChI=1S/C16H15BrN2OS/c1-21-15-8-4-13(5-9-15)11-18-19-16(20)10-12-2-6-14(17)7-3-12/h2-9,11H,10H2,1H3,(H,19,20)/b18-11+. The van der Waals surface area contributed by atoms with E-state index in [1.165, 1.54) is 4.90 Å². The van der Waals surface area contributed by atoms with Crippen LogP contribution in [0.4, 0.5) is 0 Å². The quantitative estimate of drug-likeness (QED) is 0.498. The molecule has 0 aliphatic rings. The van der Waals surface area contributed by atoms with Crippen molar-refractivity contribution >= 4 is 39.8 Å². The Morgan fingerprint density at radius 1 is 1.19 bits per heavy atom. The molecule has 3 nitrogen and oxygen atoms in total. The van der Waals surface area contributed by atoms with Gasteiger partial charge in [-0.25, -0.2) is 5.43 Å². The largest absolute Gasteiger partial charge is 0.273 e. The highest BCUT2D eigenvalue weighted by Crippen LogP contribution is 2.14. The number of benzene rings is 2. The smallest absolute Gasteiger partial charge is 0.244 e. The van der Waals surface area contributed by atoms with Gasteiger partial charge in [0.15, 0.2) is 0 Å². The fraction of sp³-hybridized carbons (Fsp3) is 0.125. The zero-order valence-corrected chi connectivity index (χ0v) is 13.9. The Kier molecular flexibility index (Phi) is 6.02. The summed E-state index contributed by atoms with van der Waals surface area (Å²) in [5.41, 5.74) is 4.45. The molecule has 0 spiro atoms. The molecule has 21 heavy (non-hydrogen) atoms. The van der Waals surface area contributed by atoms with Crippen LogP contribution in [0.3, 0.4) is 0 Å². The summed E-state index contributed by atoms with van der Waals surface area (Å²) < 4.78 is 0.998. The van der Waals surface area contributed by atoms with Crippen molar-refractivity contribution in [3.05, 3.63) is 64.1 Å². The average Bonchev–Trinajstić information content (AvgIpc) is 2.50. The van der Waals surface area contributed by atoms with E-state index in [1.807, 2.05) is 54.8 Å². The van der Waals surface area contributed by atoms with Gasteiger partial charge in [0, 0.05) is 9.37 Å². The van der Waals surface area contributed by atoms with Crippen molar-refractivity contribution in [3.63, 3.8) is 0 Å². The summed E-state index contributed by atoms with van der Waals surface area (Å²) in [4.78, 5) is 12.9. The van der Waals surface area contributed by atoms with Gasteiger partial charge in [-0.3, -0.25) is 4.79 Å². The minimum Gasteiger partial charge on any atom is -0.273 e. The minimum atomic E-state index is -0.130. The fourth-order valence-electron chi connectivity index (χ4n) is 1.70. The number of amides is 1. The van der Waals surface area contributed by atoms with Crippen molar-refractivity contribution in [2.24, 2.45) is 5.10 Å². The maximum atomic E-state index is 11.7. The van der Waals surface area contributed by atoms with Crippen molar-refractivity contribution in [2.45, 2.75) is 11.3 Å². The summed E-state index contributed by atoms with van der Waals surface area (Å²) >= 11 is 5.05. The number of nitrogens with one attached hydrogen (secondary N) is 1. The van der Waals surface area contributed by atoms with Gasteiger partial charge in [-0.15, -0.1) is 11.8 Å². The minimum absolute atomic E-state index is 0.130. The lowest BCUT2D eigenvalue weighted by Gasteiger charge is -2.01. The Morgan fingerprint density at radius 2 is 1.86 bits per heavy atom. The third kappa shape index (κ3) is 5.36. The van der Waals surface area contributed by atoms with E-state index in [1.54, 1.807) is 18.0 Å². The molecular weight excluding hydrogens is 348 g/mol. The predicted octanol–water partition coefficient (Wildman–Crippen LogP) is 3.86. The van der Waals surface area contributed by atoms with Gasteiger partial charge in [0.25, 0.3) is 0 Å². The summed E-state index contributed by atoms with van der Waals surface area (Å²) in [5, 5.41) is 3.97. The van der Waals surface area contributed by atoms with Crippen molar-refractivity contribution in [1.29, 1.82) is 0 Å². The molecule has 2 aromatic rings. The van der Waals surface area contributed by atoms with Crippen LogP contribution in [0, 0.1) is 0 Å². The highest BCUT2D eigenvalue weighted by molar-refractivity contribution is 9.10. The molecule has 2 aromatic carbocycles. The second kappa shape index (κ2) is 8.00. The summed E-state index contributed by atoms with van der Waals surface area (Å²) in [6.45, 7) is 0. The summed E-state index contributed by atoms with van der Waals surface area (Å²) in [6.07, 6.45) is 3.99. The van der Waals surface area contributed by atoms with Crippen LogP contribution in [0.2, 0.25) is 0 Å². The Labute approximate surface area is 137 Å². The van der Waals surface area contributed by atoms with Crippen LogP contribution in [0.5, 0.6) is 0 Å². The van der Waals surface area contributed by atoms with Crippen LogP contribution in [0.15, 0.2) is 63.0 Å². The molecule has 0 saturated heterocycles. The summed E-state index contributed by atoms with van der Waals surface area (Å²) in [7, 11) is 0. The van der Waals surface area contributed by atoms with Crippen LogP contribution in [0.1, 0.15) is 11.1 Å². The molecule has 0 saturated carbocycles. The molecule has 1 amide bonds. The van der Waals surface area contributed by atoms with Gasteiger partial charge in [-0.05, 0) is 41.6 Å².